The number of nitrogens with one attached hydrogen (secondary N) is 1. The first-order valence-corrected chi connectivity index (χ1v) is 7.29. The van der Waals surface area contributed by atoms with Crippen molar-refractivity contribution in [1.29, 1.82) is 0 Å². The molecule has 0 atom stereocenters. The highest BCUT2D eigenvalue weighted by Crippen LogP contribution is 2.21. The molecule has 0 aromatic heterocycles. The van der Waals surface area contributed by atoms with Gasteiger partial charge in [0.25, 0.3) is 0 Å². The molecule has 1 N–H and O–H groups in total. The van der Waals surface area contributed by atoms with Crippen molar-refractivity contribution < 1.29 is 17.1 Å². The molecule has 0 bridgehead atoms. The van der Waals surface area contributed by atoms with Crippen LogP contribution in [0.25, 0.3) is 0 Å². The second-order valence-electron chi connectivity index (χ2n) is 4.93. The van der Waals surface area contributed by atoms with E-state index in [4.69, 9.17) is 4.74 Å². The van der Waals surface area contributed by atoms with Crippen LogP contribution in [0.15, 0.2) is 54.6 Å². The first-order valence-electron chi connectivity index (χ1n) is 7.29. The highest BCUT2D eigenvalue weighted by Gasteiger charge is 2.03. The molecular weight excluding hydrogens is 282 g/mol. The maximum Gasteiger partial charge on any atom is 0.122 e. The predicted molar refractivity (Wildman–Crippen MR) is 84.3 cm³/mol. The summed E-state index contributed by atoms with van der Waals surface area (Å²) in [5.41, 5.74) is 2.58. The third-order valence-electron chi connectivity index (χ3n) is 3.29. The molecule has 0 saturated carbocycles. The van der Waals surface area contributed by atoms with Gasteiger partial charge in [0.15, 0.2) is 0 Å². The van der Waals surface area contributed by atoms with Crippen LogP contribution in [0, 0.1) is 0 Å². The third-order valence-corrected chi connectivity index (χ3v) is 3.29. The van der Waals surface area contributed by atoms with Crippen molar-refractivity contribution in [2.75, 3.05) is 20.2 Å². The summed E-state index contributed by atoms with van der Waals surface area (Å²) < 4.78 is 5.93. The standard InChI is InChI=1S/C18H23NO.ClH/c1-19-13-7-8-14-20-18-12-6-5-11-17(18)15-16-9-3-2-4-10-16;/h2-6,9-12,19H,7-8,13-15H2,1H3;1H/p-1. The second kappa shape index (κ2) is 10.3. The van der Waals surface area contributed by atoms with Gasteiger partial charge in [-0.05, 0) is 43.6 Å². The van der Waals surface area contributed by atoms with E-state index in [2.05, 4.69) is 47.8 Å². The third kappa shape index (κ3) is 6.19. The van der Waals surface area contributed by atoms with Crippen molar-refractivity contribution in [3.8, 4) is 5.75 Å². The van der Waals surface area contributed by atoms with E-state index >= 15 is 0 Å². The van der Waals surface area contributed by atoms with Gasteiger partial charge in [-0.15, -0.1) is 0 Å². The zero-order chi connectivity index (χ0) is 14.0. The van der Waals surface area contributed by atoms with E-state index in [0.29, 0.717) is 0 Å². The van der Waals surface area contributed by atoms with Gasteiger partial charge in [0.05, 0.1) is 6.61 Å². The van der Waals surface area contributed by atoms with Crippen molar-refractivity contribution in [2.24, 2.45) is 0 Å². The van der Waals surface area contributed by atoms with Gasteiger partial charge in [-0.2, -0.15) is 0 Å². The molecular formula is C18H23ClNO-. The summed E-state index contributed by atoms with van der Waals surface area (Å²) in [4.78, 5) is 0. The van der Waals surface area contributed by atoms with Gasteiger partial charge in [-0.1, -0.05) is 48.5 Å². The Morgan fingerprint density at radius 3 is 2.38 bits per heavy atom. The SMILES string of the molecule is CNCCCCOc1ccccc1Cc1ccccc1.[Cl-]. The molecule has 0 radical (unpaired) electrons. The van der Waals surface area contributed by atoms with Crippen molar-refractivity contribution in [3.63, 3.8) is 0 Å². The van der Waals surface area contributed by atoms with E-state index in [-0.39, 0.29) is 12.4 Å². The summed E-state index contributed by atoms with van der Waals surface area (Å²) in [6.45, 7) is 1.84. The fraction of sp³-hybridized carbons (Fsp3) is 0.333. The quantitative estimate of drug-likeness (QED) is 0.724. The Bertz CT molecular complexity index is 502. The molecule has 0 unspecified atom stereocenters. The summed E-state index contributed by atoms with van der Waals surface area (Å²) in [7, 11) is 1.98. The van der Waals surface area contributed by atoms with Crippen LogP contribution in [-0.2, 0) is 6.42 Å². The molecule has 0 aliphatic rings. The van der Waals surface area contributed by atoms with Crippen LogP contribution in [-0.4, -0.2) is 20.2 Å². The van der Waals surface area contributed by atoms with Crippen molar-refractivity contribution in [3.05, 3.63) is 65.7 Å². The van der Waals surface area contributed by atoms with E-state index in [0.717, 1.165) is 38.2 Å². The van der Waals surface area contributed by atoms with E-state index < -0.39 is 0 Å². The topological polar surface area (TPSA) is 21.3 Å². The van der Waals surface area contributed by atoms with Gasteiger partial charge in [0, 0.05) is 6.42 Å². The molecule has 0 saturated heterocycles. The molecule has 2 nitrogen and oxygen atoms in total. The average Bonchev–Trinajstić information content (AvgIpc) is 2.50. The molecule has 3 heteroatoms. The molecule has 0 aliphatic carbocycles. The monoisotopic (exact) mass is 304 g/mol. The number of para-hydroxylation sites is 1. The Morgan fingerprint density at radius 2 is 1.62 bits per heavy atom. The molecule has 0 amide bonds. The fourth-order valence-electron chi connectivity index (χ4n) is 2.19. The van der Waals surface area contributed by atoms with Gasteiger partial charge in [0.1, 0.15) is 5.75 Å². The first-order chi connectivity index (χ1) is 9.90. The summed E-state index contributed by atoms with van der Waals surface area (Å²) in [6, 6.07) is 18.9. The number of hydrogen-bond acceptors (Lipinski definition) is 2. The maximum absolute atomic E-state index is 5.93. The smallest absolute Gasteiger partial charge is 0.122 e. The van der Waals surface area contributed by atoms with Gasteiger partial charge in [-0.3, -0.25) is 0 Å². The predicted octanol–water partition coefficient (Wildman–Crippen LogP) is 0.660. The number of halogens is 1. The molecule has 0 spiro atoms. The lowest BCUT2D eigenvalue weighted by atomic mass is 10.0. The summed E-state index contributed by atoms with van der Waals surface area (Å²) in [6.07, 6.45) is 3.16. The van der Waals surface area contributed by atoms with Crippen LogP contribution >= 0.6 is 0 Å². The Labute approximate surface area is 133 Å². The summed E-state index contributed by atoms with van der Waals surface area (Å²) >= 11 is 0. The minimum atomic E-state index is 0. The van der Waals surface area contributed by atoms with Crippen LogP contribution in [0.2, 0.25) is 0 Å². The lowest BCUT2D eigenvalue weighted by molar-refractivity contribution is -0.00000457. The van der Waals surface area contributed by atoms with Crippen LogP contribution in [0.4, 0.5) is 0 Å². The molecule has 0 aliphatic heterocycles. The van der Waals surface area contributed by atoms with E-state index in [1.807, 2.05) is 19.2 Å². The van der Waals surface area contributed by atoms with Crippen LogP contribution in [0.3, 0.4) is 0 Å². The number of ether oxygens (including phenoxy) is 1. The van der Waals surface area contributed by atoms with Crippen LogP contribution < -0.4 is 22.5 Å². The summed E-state index contributed by atoms with van der Waals surface area (Å²) in [5, 5.41) is 3.15. The minimum absolute atomic E-state index is 0. The molecule has 2 aromatic rings. The number of hydrogen-bond donors (Lipinski definition) is 1. The van der Waals surface area contributed by atoms with E-state index in [9.17, 15) is 0 Å². The molecule has 21 heavy (non-hydrogen) atoms. The Hall–Kier alpha value is -1.51. The normalized spacial score (nSPS) is 9.95. The van der Waals surface area contributed by atoms with Gasteiger partial charge < -0.3 is 22.5 Å². The minimum Gasteiger partial charge on any atom is -1.00 e. The van der Waals surface area contributed by atoms with E-state index in [1.54, 1.807) is 0 Å². The Kier molecular flexibility index (Phi) is 8.56. The Balaban J connectivity index is 0.00000220. The lowest BCUT2D eigenvalue weighted by Crippen LogP contribution is -3.00. The molecule has 2 aromatic carbocycles. The molecule has 114 valence electrons. The lowest BCUT2D eigenvalue weighted by Gasteiger charge is -2.11. The maximum atomic E-state index is 5.93. The first kappa shape index (κ1) is 17.5. The van der Waals surface area contributed by atoms with Crippen molar-refractivity contribution in [2.45, 2.75) is 19.3 Å². The number of unbranched alkanes of at least 4 members (excludes halogenated alkanes) is 1. The van der Waals surface area contributed by atoms with Crippen molar-refractivity contribution in [1.82, 2.24) is 5.32 Å². The Morgan fingerprint density at radius 1 is 0.905 bits per heavy atom. The van der Waals surface area contributed by atoms with Crippen LogP contribution in [0.5, 0.6) is 5.75 Å². The zero-order valence-electron chi connectivity index (χ0n) is 12.5. The fourth-order valence-corrected chi connectivity index (χ4v) is 2.19. The second-order valence-corrected chi connectivity index (χ2v) is 4.93. The van der Waals surface area contributed by atoms with Gasteiger partial charge in [-0.25, -0.2) is 0 Å². The highest BCUT2D eigenvalue weighted by molar-refractivity contribution is 5.37. The summed E-state index contributed by atoms with van der Waals surface area (Å²) in [5.74, 6) is 1.01. The van der Waals surface area contributed by atoms with E-state index in [1.165, 1.54) is 11.1 Å². The largest absolute Gasteiger partial charge is 1.00 e. The number of rotatable bonds is 8. The van der Waals surface area contributed by atoms with Crippen molar-refractivity contribution >= 4 is 0 Å². The average molecular weight is 305 g/mol. The zero-order valence-corrected chi connectivity index (χ0v) is 13.3. The molecule has 2 rings (SSSR count). The highest BCUT2D eigenvalue weighted by atomic mass is 35.5. The molecule has 0 fully saturated rings. The van der Waals surface area contributed by atoms with Gasteiger partial charge >= 0.3 is 0 Å². The van der Waals surface area contributed by atoms with Crippen LogP contribution in [0.1, 0.15) is 24.0 Å². The molecule has 0 heterocycles. The number of benzene rings is 2. The van der Waals surface area contributed by atoms with Gasteiger partial charge in [0.2, 0.25) is 0 Å².